The van der Waals surface area contributed by atoms with Crippen molar-refractivity contribution in [3.8, 4) is 11.5 Å². The molecule has 1 aromatic carbocycles. The number of ether oxygens (including phenoxy) is 2. The SMILES string of the molecule is CCOc1ccccc1OCCC(=O)CC. The van der Waals surface area contributed by atoms with E-state index in [1.54, 1.807) is 0 Å². The maximum absolute atomic E-state index is 11.1. The van der Waals surface area contributed by atoms with E-state index in [1.165, 1.54) is 0 Å². The van der Waals surface area contributed by atoms with Gasteiger partial charge in [-0.2, -0.15) is 0 Å². The maximum atomic E-state index is 11.1. The summed E-state index contributed by atoms with van der Waals surface area (Å²) in [7, 11) is 0. The summed E-state index contributed by atoms with van der Waals surface area (Å²) >= 11 is 0. The van der Waals surface area contributed by atoms with E-state index in [2.05, 4.69) is 0 Å². The lowest BCUT2D eigenvalue weighted by atomic mass is 10.2. The van der Waals surface area contributed by atoms with Gasteiger partial charge in [0.05, 0.1) is 13.2 Å². The summed E-state index contributed by atoms with van der Waals surface area (Å²) < 4.78 is 10.9. The Morgan fingerprint density at radius 1 is 1.12 bits per heavy atom. The van der Waals surface area contributed by atoms with Crippen LogP contribution >= 0.6 is 0 Å². The van der Waals surface area contributed by atoms with Crippen molar-refractivity contribution in [3.05, 3.63) is 24.3 Å². The number of carbonyl (C=O) groups is 1. The van der Waals surface area contributed by atoms with Crippen LogP contribution in [0.25, 0.3) is 0 Å². The first-order chi connectivity index (χ1) is 7.77. The highest BCUT2D eigenvalue weighted by Crippen LogP contribution is 2.26. The Morgan fingerprint density at radius 3 is 2.31 bits per heavy atom. The molecule has 0 aromatic heterocycles. The highest BCUT2D eigenvalue weighted by molar-refractivity contribution is 5.78. The van der Waals surface area contributed by atoms with Crippen LogP contribution in [-0.2, 0) is 4.79 Å². The van der Waals surface area contributed by atoms with Gasteiger partial charge < -0.3 is 9.47 Å². The van der Waals surface area contributed by atoms with Crippen LogP contribution < -0.4 is 9.47 Å². The molecule has 0 spiro atoms. The highest BCUT2D eigenvalue weighted by Gasteiger charge is 2.04. The van der Waals surface area contributed by atoms with E-state index in [0.717, 1.165) is 5.75 Å². The minimum absolute atomic E-state index is 0.217. The molecule has 0 saturated heterocycles. The topological polar surface area (TPSA) is 35.5 Å². The third kappa shape index (κ3) is 3.93. The van der Waals surface area contributed by atoms with Gasteiger partial charge in [0.25, 0.3) is 0 Å². The van der Waals surface area contributed by atoms with Crippen LogP contribution in [0.15, 0.2) is 24.3 Å². The number of benzene rings is 1. The van der Waals surface area contributed by atoms with E-state index in [1.807, 2.05) is 38.1 Å². The number of hydrogen-bond acceptors (Lipinski definition) is 3. The van der Waals surface area contributed by atoms with E-state index in [9.17, 15) is 4.79 Å². The summed E-state index contributed by atoms with van der Waals surface area (Å²) in [6.07, 6.45) is 1.02. The van der Waals surface area contributed by atoms with E-state index in [4.69, 9.17) is 9.47 Å². The number of Topliss-reactive ketones (excluding diaryl/α,β-unsaturated/α-hetero) is 1. The number of para-hydroxylation sites is 2. The van der Waals surface area contributed by atoms with Crippen LogP contribution in [0.4, 0.5) is 0 Å². The van der Waals surface area contributed by atoms with Crippen molar-refractivity contribution < 1.29 is 14.3 Å². The second-order valence-corrected chi connectivity index (χ2v) is 3.37. The predicted octanol–water partition coefficient (Wildman–Crippen LogP) is 2.83. The molecule has 1 aromatic rings. The first-order valence-electron chi connectivity index (χ1n) is 5.64. The van der Waals surface area contributed by atoms with Crippen LogP contribution in [0.1, 0.15) is 26.7 Å². The predicted molar refractivity (Wildman–Crippen MR) is 63.0 cm³/mol. The molecule has 0 aliphatic heterocycles. The molecule has 0 fully saturated rings. The first-order valence-corrected chi connectivity index (χ1v) is 5.64. The highest BCUT2D eigenvalue weighted by atomic mass is 16.5. The lowest BCUT2D eigenvalue weighted by Crippen LogP contribution is -2.06. The zero-order valence-corrected chi connectivity index (χ0v) is 9.86. The zero-order chi connectivity index (χ0) is 11.8. The maximum Gasteiger partial charge on any atom is 0.161 e. The summed E-state index contributed by atoms with van der Waals surface area (Å²) in [6.45, 7) is 4.80. The molecule has 3 nitrogen and oxygen atoms in total. The average Bonchev–Trinajstić information content (AvgIpc) is 2.31. The molecule has 0 saturated carbocycles. The van der Waals surface area contributed by atoms with Gasteiger partial charge in [-0.3, -0.25) is 4.79 Å². The van der Waals surface area contributed by atoms with Gasteiger partial charge in [0.2, 0.25) is 0 Å². The van der Waals surface area contributed by atoms with Crippen LogP contribution in [-0.4, -0.2) is 19.0 Å². The van der Waals surface area contributed by atoms with Crippen molar-refractivity contribution in [1.29, 1.82) is 0 Å². The summed E-state index contributed by atoms with van der Waals surface area (Å²) in [5.74, 6) is 1.65. The molecule has 0 aliphatic carbocycles. The molecule has 3 heteroatoms. The van der Waals surface area contributed by atoms with Crippen molar-refractivity contribution in [1.82, 2.24) is 0 Å². The van der Waals surface area contributed by atoms with Crippen molar-refractivity contribution >= 4 is 5.78 Å². The van der Waals surface area contributed by atoms with Crippen LogP contribution in [0.2, 0.25) is 0 Å². The van der Waals surface area contributed by atoms with E-state index < -0.39 is 0 Å². The molecule has 16 heavy (non-hydrogen) atoms. The number of carbonyl (C=O) groups excluding carboxylic acids is 1. The second-order valence-electron chi connectivity index (χ2n) is 3.37. The molecule has 0 bridgehead atoms. The Bertz CT molecular complexity index is 334. The minimum atomic E-state index is 0.217. The number of hydrogen-bond donors (Lipinski definition) is 0. The monoisotopic (exact) mass is 222 g/mol. The molecular weight excluding hydrogens is 204 g/mol. The first kappa shape index (κ1) is 12.6. The standard InChI is InChI=1S/C13H18O3/c1-3-11(14)9-10-16-13-8-6-5-7-12(13)15-4-2/h5-8H,3-4,9-10H2,1-2H3. The Kier molecular flexibility index (Phi) is 5.40. The second kappa shape index (κ2) is 6.88. The summed E-state index contributed by atoms with van der Waals surface area (Å²) in [4.78, 5) is 11.1. The third-order valence-electron chi connectivity index (χ3n) is 2.18. The fourth-order valence-electron chi connectivity index (χ4n) is 1.30. The zero-order valence-electron chi connectivity index (χ0n) is 9.86. The molecule has 0 unspecified atom stereocenters. The fourth-order valence-corrected chi connectivity index (χ4v) is 1.30. The largest absolute Gasteiger partial charge is 0.490 e. The normalized spacial score (nSPS) is 9.88. The Hall–Kier alpha value is -1.51. The van der Waals surface area contributed by atoms with E-state index >= 15 is 0 Å². The quantitative estimate of drug-likeness (QED) is 0.711. The Morgan fingerprint density at radius 2 is 1.75 bits per heavy atom. The molecule has 88 valence electrons. The van der Waals surface area contributed by atoms with Gasteiger partial charge in [0.15, 0.2) is 11.5 Å². The van der Waals surface area contributed by atoms with Crippen LogP contribution in [0, 0.1) is 0 Å². The molecule has 0 N–H and O–H groups in total. The molecule has 0 atom stereocenters. The lowest BCUT2D eigenvalue weighted by Gasteiger charge is -2.10. The van der Waals surface area contributed by atoms with Crippen molar-refractivity contribution in [2.24, 2.45) is 0 Å². The Balaban J connectivity index is 2.49. The lowest BCUT2D eigenvalue weighted by molar-refractivity contribution is -0.119. The summed E-state index contributed by atoms with van der Waals surface area (Å²) in [5, 5.41) is 0. The molecule has 0 aliphatic rings. The van der Waals surface area contributed by atoms with Gasteiger partial charge in [-0.05, 0) is 19.1 Å². The van der Waals surface area contributed by atoms with Crippen molar-refractivity contribution in [2.45, 2.75) is 26.7 Å². The molecule has 1 rings (SSSR count). The van der Waals surface area contributed by atoms with Gasteiger partial charge in [0.1, 0.15) is 5.78 Å². The van der Waals surface area contributed by atoms with Gasteiger partial charge in [-0.1, -0.05) is 19.1 Å². The smallest absolute Gasteiger partial charge is 0.161 e. The summed E-state index contributed by atoms with van der Waals surface area (Å²) in [5.41, 5.74) is 0. The number of rotatable bonds is 7. The van der Waals surface area contributed by atoms with Crippen molar-refractivity contribution in [3.63, 3.8) is 0 Å². The van der Waals surface area contributed by atoms with Crippen LogP contribution in [0.3, 0.4) is 0 Å². The van der Waals surface area contributed by atoms with Gasteiger partial charge in [0, 0.05) is 12.8 Å². The van der Waals surface area contributed by atoms with Gasteiger partial charge in [-0.25, -0.2) is 0 Å². The number of ketones is 1. The van der Waals surface area contributed by atoms with E-state index in [-0.39, 0.29) is 5.78 Å². The molecule has 0 heterocycles. The molecular formula is C13H18O3. The van der Waals surface area contributed by atoms with E-state index in [0.29, 0.717) is 31.8 Å². The fraction of sp³-hybridized carbons (Fsp3) is 0.462. The van der Waals surface area contributed by atoms with Gasteiger partial charge >= 0.3 is 0 Å². The molecule has 0 amide bonds. The average molecular weight is 222 g/mol. The summed E-state index contributed by atoms with van der Waals surface area (Å²) in [6, 6.07) is 7.50. The minimum Gasteiger partial charge on any atom is -0.490 e. The van der Waals surface area contributed by atoms with Crippen LogP contribution in [0.5, 0.6) is 11.5 Å². The van der Waals surface area contributed by atoms with Crippen molar-refractivity contribution in [2.75, 3.05) is 13.2 Å². The van der Waals surface area contributed by atoms with Gasteiger partial charge in [-0.15, -0.1) is 0 Å². The third-order valence-corrected chi connectivity index (χ3v) is 2.18. The Labute approximate surface area is 96.4 Å². The molecule has 0 radical (unpaired) electrons.